The third-order valence-corrected chi connectivity index (χ3v) is 6.69. The number of rotatable bonds is 2. The summed E-state index contributed by atoms with van der Waals surface area (Å²) in [5, 5.41) is 0. The third-order valence-electron chi connectivity index (χ3n) is 6.69. The summed E-state index contributed by atoms with van der Waals surface area (Å²) in [5.74, 6) is -0.811. The molecule has 5 unspecified atom stereocenters. The highest BCUT2D eigenvalue weighted by molar-refractivity contribution is 5.90. The molecule has 0 spiro atoms. The summed E-state index contributed by atoms with van der Waals surface area (Å²) in [6.07, 6.45) is 6.35. The molecule has 1 aromatic heterocycles. The Bertz CT molecular complexity index is 720. The Kier molecular flexibility index (Phi) is 3.60. The van der Waals surface area contributed by atoms with E-state index in [2.05, 4.69) is 20.4 Å². The lowest BCUT2D eigenvalue weighted by molar-refractivity contribution is -0.159. The van der Waals surface area contributed by atoms with Gasteiger partial charge in [0.05, 0.1) is 25.1 Å². The average molecular weight is 344 g/mol. The van der Waals surface area contributed by atoms with E-state index in [1.165, 1.54) is 0 Å². The zero-order valence-electron chi connectivity index (χ0n) is 14.7. The Hall–Kier alpha value is -2.04. The molecule has 25 heavy (non-hydrogen) atoms. The fourth-order valence-corrected chi connectivity index (χ4v) is 5.44. The molecule has 0 radical (unpaired) electrons. The van der Waals surface area contributed by atoms with Gasteiger partial charge in [0, 0.05) is 22.5 Å². The van der Waals surface area contributed by atoms with Crippen LogP contribution in [-0.4, -0.2) is 18.5 Å². The fraction of sp³-hybridized carbons (Fsp3) is 0.600. The van der Waals surface area contributed by atoms with Crippen LogP contribution in [0, 0.1) is 22.7 Å². The molecule has 0 N–H and O–H groups in total. The minimum absolute atomic E-state index is 0.107. The summed E-state index contributed by atoms with van der Waals surface area (Å²) in [4.78, 5) is 25.1. The van der Waals surface area contributed by atoms with E-state index in [0.29, 0.717) is 18.6 Å². The quantitative estimate of drug-likeness (QED) is 0.603. The van der Waals surface area contributed by atoms with Crippen LogP contribution in [0.25, 0.3) is 0 Å². The number of fused-ring (bicyclic) bond motifs is 1. The highest BCUT2D eigenvalue weighted by Gasteiger charge is 2.61. The average Bonchev–Trinajstić information content (AvgIpc) is 3.19. The van der Waals surface area contributed by atoms with Gasteiger partial charge >= 0.3 is 11.9 Å². The molecule has 3 fully saturated rings. The fourth-order valence-electron chi connectivity index (χ4n) is 5.44. The molecule has 4 rings (SSSR count). The van der Waals surface area contributed by atoms with Gasteiger partial charge in [-0.25, -0.2) is 4.79 Å². The van der Waals surface area contributed by atoms with Crippen molar-refractivity contribution in [3.8, 4) is 0 Å². The minimum atomic E-state index is -0.373. The molecule has 2 aliphatic heterocycles. The number of hydrogen-bond acceptors (Lipinski definition) is 5. The van der Waals surface area contributed by atoms with Gasteiger partial charge in [-0.15, -0.1) is 0 Å². The highest BCUT2D eigenvalue weighted by Crippen LogP contribution is 2.61. The van der Waals surface area contributed by atoms with Crippen LogP contribution in [0.3, 0.4) is 0 Å². The summed E-state index contributed by atoms with van der Waals surface area (Å²) in [6, 6.07) is 1.82. The van der Waals surface area contributed by atoms with Crippen molar-refractivity contribution in [1.29, 1.82) is 0 Å². The second-order valence-corrected chi connectivity index (χ2v) is 8.32. The van der Waals surface area contributed by atoms with Crippen molar-refractivity contribution >= 4 is 11.9 Å². The molecule has 2 saturated heterocycles. The molecule has 5 heteroatoms. The first-order valence-corrected chi connectivity index (χ1v) is 8.94. The summed E-state index contributed by atoms with van der Waals surface area (Å²) < 4.78 is 16.2. The van der Waals surface area contributed by atoms with Crippen LogP contribution in [0.1, 0.15) is 51.2 Å². The number of esters is 2. The van der Waals surface area contributed by atoms with Crippen molar-refractivity contribution < 1.29 is 23.5 Å². The molecule has 0 aromatic carbocycles. The molecular formula is C20H24O5. The van der Waals surface area contributed by atoms with Crippen LogP contribution < -0.4 is 0 Å². The Morgan fingerprint density at radius 2 is 2.04 bits per heavy atom. The molecule has 1 aromatic rings. The number of furan rings is 1. The Morgan fingerprint density at radius 3 is 2.76 bits per heavy atom. The summed E-state index contributed by atoms with van der Waals surface area (Å²) >= 11 is 0. The van der Waals surface area contributed by atoms with Crippen molar-refractivity contribution in [3.63, 3.8) is 0 Å². The zero-order valence-corrected chi connectivity index (χ0v) is 14.7. The second kappa shape index (κ2) is 5.48. The summed E-state index contributed by atoms with van der Waals surface area (Å²) in [7, 11) is 0. The number of hydrogen-bond donors (Lipinski definition) is 0. The van der Waals surface area contributed by atoms with Crippen molar-refractivity contribution in [2.45, 2.75) is 45.6 Å². The van der Waals surface area contributed by atoms with E-state index in [1.54, 1.807) is 12.5 Å². The Labute approximate surface area is 147 Å². The highest BCUT2D eigenvalue weighted by atomic mass is 16.5. The lowest BCUT2D eigenvalue weighted by Crippen LogP contribution is -2.50. The van der Waals surface area contributed by atoms with Gasteiger partial charge in [-0.05, 0) is 30.7 Å². The predicted molar refractivity (Wildman–Crippen MR) is 89.3 cm³/mol. The lowest BCUT2D eigenvalue weighted by atomic mass is 9.51. The Morgan fingerprint density at radius 1 is 1.24 bits per heavy atom. The van der Waals surface area contributed by atoms with Gasteiger partial charge in [-0.3, -0.25) is 4.79 Å². The van der Waals surface area contributed by atoms with Gasteiger partial charge in [0.1, 0.15) is 6.10 Å². The van der Waals surface area contributed by atoms with E-state index in [1.807, 2.05) is 6.07 Å². The van der Waals surface area contributed by atoms with Gasteiger partial charge in [0.2, 0.25) is 0 Å². The maximum absolute atomic E-state index is 12.6. The molecule has 5 atom stereocenters. The van der Waals surface area contributed by atoms with Crippen molar-refractivity contribution in [2.75, 3.05) is 6.61 Å². The van der Waals surface area contributed by atoms with Crippen LogP contribution in [0.5, 0.6) is 0 Å². The number of ether oxygens (including phenoxy) is 2. The topological polar surface area (TPSA) is 65.7 Å². The van der Waals surface area contributed by atoms with E-state index in [4.69, 9.17) is 13.9 Å². The first-order chi connectivity index (χ1) is 11.8. The first kappa shape index (κ1) is 16.4. The molecule has 1 saturated carbocycles. The Balaban J connectivity index is 1.71. The van der Waals surface area contributed by atoms with Crippen LogP contribution in [0.2, 0.25) is 0 Å². The maximum atomic E-state index is 12.6. The van der Waals surface area contributed by atoms with E-state index < -0.39 is 0 Å². The first-order valence-electron chi connectivity index (χ1n) is 8.94. The van der Waals surface area contributed by atoms with Gasteiger partial charge in [0.15, 0.2) is 0 Å². The number of carbonyl (C=O) groups excluding carboxylic acids is 2. The molecule has 134 valence electrons. The van der Waals surface area contributed by atoms with Crippen molar-refractivity contribution in [1.82, 2.24) is 0 Å². The monoisotopic (exact) mass is 344 g/mol. The maximum Gasteiger partial charge on any atom is 0.334 e. The number of carbonyl (C=O) groups is 2. The third kappa shape index (κ3) is 2.35. The summed E-state index contributed by atoms with van der Waals surface area (Å²) in [6.45, 7) is 8.76. The second-order valence-electron chi connectivity index (χ2n) is 8.32. The van der Waals surface area contributed by atoms with Crippen LogP contribution in [-0.2, 0) is 19.1 Å². The largest absolute Gasteiger partial charge is 0.472 e. The smallest absolute Gasteiger partial charge is 0.334 e. The SMILES string of the molecule is C=C1C(=O)OC(c2ccoc2)CC1C1(C)CCCC2(C)COC(=O)C21. The van der Waals surface area contributed by atoms with Crippen molar-refractivity contribution in [3.05, 3.63) is 36.3 Å². The van der Waals surface area contributed by atoms with Gasteiger partial charge in [-0.2, -0.15) is 0 Å². The van der Waals surface area contributed by atoms with E-state index >= 15 is 0 Å². The molecule has 0 amide bonds. The molecular weight excluding hydrogens is 320 g/mol. The van der Waals surface area contributed by atoms with E-state index in [-0.39, 0.29) is 40.7 Å². The molecule has 0 bridgehead atoms. The van der Waals surface area contributed by atoms with Crippen LogP contribution in [0.15, 0.2) is 35.2 Å². The molecule has 3 heterocycles. The minimum Gasteiger partial charge on any atom is -0.472 e. The predicted octanol–water partition coefficient (Wildman–Crippen LogP) is 3.81. The van der Waals surface area contributed by atoms with Gasteiger partial charge < -0.3 is 13.9 Å². The lowest BCUT2D eigenvalue weighted by Gasteiger charge is -2.51. The van der Waals surface area contributed by atoms with Gasteiger partial charge in [0.25, 0.3) is 0 Å². The van der Waals surface area contributed by atoms with E-state index in [0.717, 1.165) is 24.8 Å². The standard InChI is InChI=1S/C20H24O5/c1-12-14(9-15(25-17(12)21)13-5-8-23-10-13)20(3)7-4-6-19(2)11-24-18(22)16(19)20/h5,8,10,14-16H,1,4,6-7,9,11H2,2-3H3. The van der Waals surface area contributed by atoms with Crippen molar-refractivity contribution in [2.24, 2.45) is 22.7 Å². The zero-order chi connectivity index (χ0) is 17.8. The normalized spacial score (nSPS) is 41.2. The summed E-state index contributed by atoms with van der Waals surface area (Å²) in [5.41, 5.74) is 0.823. The van der Waals surface area contributed by atoms with Gasteiger partial charge in [-0.1, -0.05) is 26.8 Å². The molecule has 1 aliphatic carbocycles. The molecule has 5 nitrogen and oxygen atoms in total. The van der Waals surface area contributed by atoms with Crippen LogP contribution >= 0.6 is 0 Å². The van der Waals surface area contributed by atoms with Crippen LogP contribution in [0.4, 0.5) is 0 Å². The molecule has 3 aliphatic rings. The number of cyclic esters (lactones) is 2. The van der Waals surface area contributed by atoms with E-state index in [9.17, 15) is 9.59 Å².